The Morgan fingerprint density at radius 1 is 1.06 bits per heavy atom. The van der Waals surface area contributed by atoms with Crippen LogP contribution in [0.2, 0.25) is 10.0 Å². The van der Waals surface area contributed by atoms with E-state index in [0.29, 0.717) is 23.8 Å². The van der Waals surface area contributed by atoms with Crippen LogP contribution in [-0.2, 0) is 10.0 Å². The third-order valence-corrected chi connectivity index (χ3v) is 7.31. The maximum absolute atomic E-state index is 15.0. The number of halogens is 5. The van der Waals surface area contributed by atoms with Crippen LogP contribution in [0.3, 0.4) is 0 Å². The van der Waals surface area contributed by atoms with Gasteiger partial charge in [0.15, 0.2) is 5.82 Å². The highest BCUT2D eigenvalue weighted by atomic mass is 35.5. The number of nitrogens with zero attached hydrogens (tertiary/aromatic N) is 4. The van der Waals surface area contributed by atoms with Crippen molar-refractivity contribution in [3.05, 3.63) is 64.4 Å². The molecule has 0 saturated heterocycles. The number of nitrogens with one attached hydrogen (secondary N) is 2. The number of rotatable bonds is 9. The predicted molar refractivity (Wildman–Crippen MR) is 131 cm³/mol. The SMILES string of the molecule is CNCCN(C)c1cc(Cl)ccc1Nc1cc(F)c(S(=O)(=O)N(Cl)c2ncc(F)cn2)cc1Cl. The summed E-state index contributed by atoms with van der Waals surface area (Å²) in [6.45, 7) is 1.36. The van der Waals surface area contributed by atoms with E-state index in [1.165, 1.54) is 0 Å². The van der Waals surface area contributed by atoms with E-state index in [1.54, 1.807) is 18.2 Å². The van der Waals surface area contributed by atoms with Gasteiger partial charge < -0.3 is 15.5 Å². The fourth-order valence-electron chi connectivity index (χ4n) is 2.88. The van der Waals surface area contributed by atoms with Gasteiger partial charge in [0.2, 0.25) is 0 Å². The lowest BCUT2D eigenvalue weighted by atomic mass is 10.2. The highest BCUT2D eigenvalue weighted by Gasteiger charge is 2.30. The van der Waals surface area contributed by atoms with Crippen LogP contribution in [0.25, 0.3) is 0 Å². The quantitative estimate of drug-likeness (QED) is 0.369. The van der Waals surface area contributed by atoms with Gasteiger partial charge in [-0.1, -0.05) is 23.2 Å². The Kier molecular flexibility index (Phi) is 8.37. The molecule has 0 spiro atoms. The van der Waals surface area contributed by atoms with E-state index in [-0.39, 0.29) is 14.5 Å². The molecule has 2 N–H and O–H groups in total. The van der Waals surface area contributed by atoms with Crippen LogP contribution in [0.15, 0.2) is 47.6 Å². The van der Waals surface area contributed by atoms with Crippen LogP contribution >= 0.6 is 35.0 Å². The van der Waals surface area contributed by atoms with Crippen molar-refractivity contribution in [2.24, 2.45) is 0 Å². The second-order valence-electron chi connectivity index (χ2n) is 7.00. The van der Waals surface area contributed by atoms with Crippen LogP contribution in [-0.4, -0.2) is 45.6 Å². The van der Waals surface area contributed by atoms with Crippen LogP contribution in [0.4, 0.5) is 31.8 Å². The fourth-order valence-corrected chi connectivity index (χ4v) is 4.69. The van der Waals surface area contributed by atoms with Gasteiger partial charge in [0, 0.05) is 43.0 Å². The summed E-state index contributed by atoms with van der Waals surface area (Å²) in [4.78, 5) is 8.10. The predicted octanol–water partition coefficient (Wildman–Crippen LogP) is 4.81. The topological polar surface area (TPSA) is 90.5 Å². The molecule has 0 fully saturated rings. The van der Waals surface area contributed by atoms with E-state index < -0.39 is 32.5 Å². The van der Waals surface area contributed by atoms with Gasteiger partial charge in [-0.25, -0.2) is 18.7 Å². The van der Waals surface area contributed by atoms with Crippen molar-refractivity contribution in [1.82, 2.24) is 15.3 Å². The normalized spacial score (nSPS) is 11.4. The average molecular weight is 552 g/mol. The van der Waals surface area contributed by atoms with E-state index in [1.807, 2.05) is 19.0 Å². The van der Waals surface area contributed by atoms with Gasteiger partial charge >= 0.3 is 0 Å². The standard InChI is InChI=1S/C20H19Cl3F2N6O2S/c1-26-5-6-30(2)18-7-12(21)3-4-16(18)29-17-9-15(25)19(8-14(17)22)34(32,33)31(23)20-27-10-13(24)11-28-20/h3-4,7-11,26,29H,5-6H2,1-2H3. The van der Waals surface area contributed by atoms with Gasteiger partial charge in [-0.2, -0.15) is 8.42 Å². The number of sulfonamides is 1. The molecule has 3 rings (SSSR count). The van der Waals surface area contributed by atoms with Crippen LogP contribution in [0.1, 0.15) is 0 Å². The Bertz CT molecular complexity index is 1280. The summed E-state index contributed by atoms with van der Waals surface area (Å²) in [6.07, 6.45) is 1.45. The lowest BCUT2D eigenvalue weighted by molar-refractivity contribution is 0.567. The molecule has 0 aliphatic heterocycles. The number of aromatic nitrogens is 2. The Balaban J connectivity index is 1.94. The van der Waals surface area contributed by atoms with E-state index in [9.17, 15) is 17.2 Å². The molecule has 34 heavy (non-hydrogen) atoms. The third kappa shape index (κ3) is 5.78. The molecular formula is C20H19Cl3F2N6O2S. The van der Waals surface area contributed by atoms with Crippen LogP contribution in [0, 0.1) is 11.6 Å². The molecule has 0 radical (unpaired) electrons. The fraction of sp³-hybridized carbons (Fsp3) is 0.200. The molecule has 0 saturated carbocycles. The van der Waals surface area contributed by atoms with Crippen molar-refractivity contribution >= 4 is 68.0 Å². The lowest BCUT2D eigenvalue weighted by Gasteiger charge is -2.24. The summed E-state index contributed by atoms with van der Waals surface area (Å²) in [7, 11) is -0.967. The summed E-state index contributed by atoms with van der Waals surface area (Å²) in [5.74, 6) is -2.48. The van der Waals surface area contributed by atoms with E-state index in [2.05, 4.69) is 20.6 Å². The summed E-state index contributed by atoms with van der Waals surface area (Å²) >= 11 is 18.3. The maximum atomic E-state index is 15.0. The number of likely N-dealkylation sites (N-methyl/N-ethyl adjacent to an activating group) is 2. The van der Waals surface area contributed by atoms with Gasteiger partial charge in [0.05, 0.1) is 34.5 Å². The molecular weight excluding hydrogens is 533 g/mol. The molecule has 0 aliphatic rings. The zero-order valence-electron chi connectivity index (χ0n) is 17.9. The van der Waals surface area contributed by atoms with E-state index >= 15 is 0 Å². The monoisotopic (exact) mass is 550 g/mol. The summed E-state index contributed by atoms with van der Waals surface area (Å²) < 4.78 is 53.7. The Morgan fingerprint density at radius 3 is 2.38 bits per heavy atom. The second-order valence-corrected chi connectivity index (χ2v) is 10.1. The minimum atomic E-state index is -4.65. The van der Waals surface area contributed by atoms with Gasteiger partial charge in [0.25, 0.3) is 16.0 Å². The van der Waals surface area contributed by atoms with Crippen LogP contribution < -0.4 is 19.4 Å². The molecule has 0 unspecified atom stereocenters. The minimum absolute atomic E-state index is 0.0937. The first-order chi connectivity index (χ1) is 16.0. The summed E-state index contributed by atoms with van der Waals surface area (Å²) in [6, 6.07) is 6.91. The molecule has 0 aliphatic carbocycles. The summed E-state index contributed by atoms with van der Waals surface area (Å²) in [5.41, 5.74) is 1.40. The Hall–Kier alpha value is -2.44. The van der Waals surface area contributed by atoms with Gasteiger partial charge in [-0.3, -0.25) is 0 Å². The second kappa shape index (κ2) is 10.9. The first-order valence-corrected chi connectivity index (χ1v) is 12.2. The highest BCUT2D eigenvalue weighted by Crippen LogP contribution is 2.36. The van der Waals surface area contributed by atoms with E-state index in [4.69, 9.17) is 35.0 Å². The largest absolute Gasteiger partial charge is 0.372 e. The highest BCUT2D eigenvalue weighted by molar-refractivity contribution is 7.94. The van der Waals surface area contributed by atoms with Crippen molar-refractivity contribution in [1.29, 1.82) is 0 Å². The molecule has 14 heteroatoms. The maximum Gasteiger partial charge on any atom is 0.283 e. The Morgan fingerprint density at radius 2 is 1.74 bits per heavy atom. The van der Waals surface area contributed by atoms with Crippen molar-refractivity contribution in [2.75, 3.05) is 41.2 Å². The number of hydrogen-bond donors (Lipinski definition) is 2. The molecule has 2 aromatic carbocycles. The van der Waals surface area contributed by atoms with Crippen molar-refractivity contribution in [3.8, 4) is 0 Å². The van der Waals surface area contributed by atoms with Gasteiger partial charge in [-0.05, 0) is 31.3 Å². The zero-order valence-corrected chi connectivity index (χ0v) is 20.9. The first kappa shape index (κ1) is 26.2. The molecule has 1 aromatic heterocycles. The Labute approximate surface area is 210 Å². The van der Waals surface area contributed by atoms with Gasteiger partial charge in [-0.15, -0.1) is 3.82 Å². The smallest absolute Gasteiger partial charge is 0.283 e. The van der Waals surface area contributed by atoms with E-state index in [0.717, 1.165) is 30.2 Å². The molecule has 0 bridgehead atoms. The average Bonchev–Trinajstić information content (AvgIpc) is 2.80. The van der Waals surface area contributed by atoms with Gasteiger partial charge in [0.1, 0.15) is 10.7 Å². The molecule has 3 aromatic rings. The van der Waals surface area contributed by atoms with Crippen molar-refractivity contribution < 1.29 is 17.2 Å². The summed E-state index contributed by atoms with van der Waals surface area (Å²) in [5, 5.41) is 6.47. The van der Waals surface area contributed by atoms with Crippen molar-refractivity contribution in [2.45, 2.75) is 4.90 Å². The number of anilines is 4. The molecule has 8 nitrogen and oxygen atoms in total. The molecule has 0 atom stereocenters. The van der Waals surface area contributed by atoms with Crippen molar-refractivity contribution in [3.63, 3.8) is 0 Å². The number of benzene rings is 2. The lowest BCUT2D eigenvalue weighted by Crippen LogP contribution is -2.27. The third-order valence-electron chi connectivity index (χ3n) is 4.61. The minimum Gasteiger partial charge on any atom is -0.372 e. The molecule has 182 valence electrons. The molecule has 1 heterocycles. The number of hydrogen-bond acceptors (Lipinski definition) is 7. The zero-order chi connectivity index (χ0) is 25.0. The first-order valence-electron chi connectivity index (χ1n) is 9.64. The molecule has 0 amide bonds. The van der Waals surface area contributed by atoms with Crippen LogP contribution in [0.5, 0.6) is 0 Å².